The first-order chi connectivity index (χ1) is 11.8. The van der Waals surface area contributed by atoms with Gasteiger partial charge in [-0.1, -0.05) is 30.3 Å². The summed E-state index contributed by atoms with van der Waals surface area (Å²) in [6, 6.07) is 10.2. The maximum atomic E-state index is 12.9. The fourth-order valence-electron chi connectivity index (χ4n) is 2.48. The van der Waals surface area contributed by atoms with E-state index < -0.39 is 17.8 Å². The number of thiophene rings is 1. The lowest BCUT2D eigenvalue weighted by Crippen LogP contribution is -2.22. The van der Waals surface area contributed by atoms with E-state index in [0.29, 0.717) is 17.5 Å². The molecular weight excluding hydrogens is 351 g/mol. The van der Waals surface area contributed by atoms with Gasteiger partial charge < -0.3 is 11.1 Å². The van der Waals surface area contributed by atoms with Crippen molar-refractivity contribution in [2.45, 2.75) is 19.6 Å². The number of rotatable bonds is 3. The lowest BCUT2D eigenvalue weighted by Gasteiger charge is -2.07. The maximum absolute atomic E-state index is 12.9. The number of alkyl halides is 3. The van der Waals surface area contributed by atoms with Crippen LogP contribution < -0.4 is 11.1 Å². The summed E-state index contributed by atoms with van der Waals surface area (Å²) in [7, 11) is 0. The molecule has 0 fully saturated rings. The largest absolute Gasteiger partial charge is 0.433 e. The van der Waals surface area contributed by atoms with E-state index in [2.05, 4.69) is 10.3 Å². The molecule has 0 atom stereocenters. The highest BCUT2D eigenvalue weighted by Crippen LogP contribution is 2.38. The molecule has 0 unspecified atom stereocenters. The summed E-state index contributed by atoms with van der Waals surface area (Å²) in [4.78, 5) is 16.3. The average molecular weight is 365 g/mol. The molecule has 0 saturated heterocycles. The molecule has 3 N–H and O–H groups in total. The molecule has 130 valence electrons. The molecule has 2 heterocycles. The molecule has 8 heteroatoms. The van der Waals surface area contributed by atoms with Gasteiger partial charge in [-0.2, -0.15) is 13.2 Å². The van der Waals surface area contributed by atoms with Crippen molar-refractivity contribution in [1.82, 2.24) is 10.3 Å². The Morgan fingerprint density at radius 1 is 1.28 bits per heavy atom. The van der Waals surface area contributed by atoms with Gasteiger partial charge in [0.1, 0.15) is 15.4 Å². The molecule has 0 aliphatic carbocycles. The second kappa shape index (κ2) is 6.36. The number of fused-ring (bicyclic) bond motifs is 1. The summed E-state index contributed by atoms with van der Waals surface area (Å²) in [5.74, 6) is -0.433. The number of aryl methyl sites for hydroxylation is 1. The zero-order valence-corrected chi connectivity index (χ0v) is 14.0. The zero-order chi connectivity index (χ0) is 18.2. The third-order valence-corrected chi connectivity index (χ3v) is 4.79. The number of halogens is 3. The van der Waals surface area contributed by atoms with Gasteiger partial charge in [0.15, 0.2) is 0 Å². The minimum atomic E-state index is -4.55. The van der Waals surface area contributed by atoms with Gasteiger partial charge in [-0.25, -0.2) is 4.98 Å². The van der Waals surface area contributed by atoms with Crippen molar-refractivity contribution in [1.29, 1.82) is 0 Å². The number of nitrogens with one attached hydrogen (secondary N) is 1. The number of carbonyl (C=O) groups is 1. The smallest absolute Gasteiger partial charge is 0.397 e. The SMILES string of the molecule is Cc1cc(C(F)(F)F)nc2sc(C(=O)NCc3ccccc3)c(N)c12. The number of pyridine rings is 1. The fraction of sp³-hybridized carbons (Fsp3) is 0.176. The maximum Gasteiger partial charge on any atom is 0.433 e. The summed E-state index contributed by atoms with van der Waals surface area (Å²) in [5.41, 5.74) is 6.41. The third kappa shape index (κ3) is 3.43. The number of nitrogens with two attached hydrogens (primary N) is 1. The van der Waals surface area contributed by atoms with Crippen LogP contribution in [-0.4, -0.2) is 10.9 Å². The molecule has 3 rings (SSSR count). The van der Waals surface area contributed by atoms with Gasteiger partial charge >= 0.3 is 6.18 Å². The van der Waals surface area contributed by atoms with Gasteiger partial charge in [0.25, 0.3) is 5.91 Å². The molecule has 0 bridgehead atoms. The van der Waals surface area contributed by atoms with Gasteiger partial charge in [-0.05, 0) is 24.1 Å². The van der Waals surface area contributed by atoms with Crippen LogP contribution in [0.15, 0.2) is 36.4 Å². The van der Waals surface area contributed by atoms with Crippen LogP contribution in [0, 0.1) is 6.92 Å². The van der Waals surface area contributed by atoms with E-state index in [1.807, 2.05) is 30.3 Å². The normalized spacial score (nSPS) is 11.7. The van der Waals surface area contributed by atoms with Crippen molar-refractivity contribution in [3.8, 4) is 0 Å². The van der Waals surface area contributed by atoms with Crippen LogP contribution in [0.2, 0.25) is 0 Å². The van der Waals surface area contributed by atoms with Crippen molar-refractivity contribution in [3.05, 3.63) is 58.1 Å². The van der Waals surface area contributed by atoms with Crippen LogP contribution >= 0.6 is 11.3 Å². The van der Waals surface area contributed by atoms with Gasteiger partial charge in [0, 0.05) is 11.9 Å². The number of nitrogens with zero attached hydrogens (tertiary/aromatic N) is 1. The molecular formula is C17H14F3N3OS. The van der Waals surface area contributed by atoms with Crippen molar-refractivity contribution < 1.29 is 18.0 Å². The Bertz CT molecular complexity index is 936. The Morgan fingerprint density at radius 2 is 1.96 bits per heavy atom. The first-order valence-corrected chi connectivity index (χ1v) is 8.18. The Morgan fingerprint density at radius 3 is 2.60 bits per heavy atom. The molecule has 0 saturated carbocycles. The average Bonchev–Trinajstić information content (AvgIpc) is 2.90. The van der Waals surface area contributed by atoms with Crippen LogP contribution in [-0.2, 0) is 12.7 Å². The summed E-state index contributed by atoms with van der Waals surface area (Å²) >= 11 is 0.863. The molecule has 4 nitrogen and oxygen atoms in total. The lowest BCUT2D eigenvalue weighted by molar-refractivity contribution is -0.141. The number of carbonyl (C=O) groups excluding carboxylic acids is 1. The predicted octanol–water partition coefficient (Wildman–Crippen LogP) is 4.14. The van der Waals surface area contributed by atoms with E-state index in [4.69, 9.17) is 5.73 Å². The number of hydrogen-bond donors (Lipinski definition) is 2. The van der Waals surface area contributed by atoms with Crippen LogP contribution in [0.25, 0.3) is 10.2 Å². The topological polar surface area (TPSA) is 68.0 Å². The monoisotopic (exact) mass is 365 g/mol. The summed E-state index contributed by atoms with van der Waals surface area (Å²) in [6.07, 6.45) is -4.55. The van der Waals surface area contributed by atoms with E-state index in [9.17, 15) is 18.0 Å². The van der Waals surface area contributed by atoms with Gasteiger partial charge in [-0.15, -0.1) is 11.3 Å². The molecule has 3 aromatic rings. The highest BCUT2D eigenvalue weighted by atomic mass is 32.1. The van der Waals surface area contributed by atoms with E-state index in [1.165, 1.54) is 6.92 Å². The van der Waals surface area contributed by atoms with E-state index >= 15 is 0 Å². The van der Waals surface area contributed by atoms with Gasteiger partial charge in [0.2, 0.25) is 0 Å². The van der Waals surface area contributed by atoms with Gasteiger partial charge in [-0.3, -0.25) is 4.79 Å². The van der Waals surface area contributed by atoms with Crippen molar-refractivity contribution in [2.75, 3.05) is 5.73 Å². The zero-order valence-electron chi connectivity index (χ0n) is 13.1. The molecule has 0 spiro atoms. The fourth-order valence-corrected chi connectivity index (χ4v) is 3.57. The standard InChI is InChI=1S/C17H14F3N3OS/c1-9-7-11(17(18,19)20)23-16-12(9)13(21)14(25-16)15(24)22-8-10-5-3-2-4-6-10/h2-7H,8,21H2,1H3,(H,22,24). The quantitative estimate of drug-likeness (QED) is 0.733. The molecule has 1 amide bonds. The Hall–Kier alpha value is -2.61. The molecule has 2 aromatic heterocycles. The van der Waals surface area contributed by atoms with Crippen LogP contribution in [0.1, 0.15) is 26.5 Å². The third-order valence-electron chi connectivity index (χ3n) is 3.69. The minimum Gasteiger partial charge on any atom is -0.397 e. The highest BCUT2D eigenvalue weighted by Gasteiger charge is 2.34. The van der Waals surface area contributed by atoms with E-state index in [0.717, 1.165) is 23.0 Å². The van der Waals surface area contributed by atoms with Crippen LogP contribution in [0.4, 0.5) is 18.9 Å². The highest BCUT2D eigenvalue weighted by molar-refractivity contribution is 7.21. The molecule has 0 aliphatic rings. The van der Waals surface area contributed by atoms with Gasteiger partial charge in [0.05, 0.1) is 5.69 Å². The van der Waals surface area contributed by atoms with Crippen LogP contribution in [0.3, 0.4) is 0 Å². The van der Waals surface area contributed by atoms with Crippen molar-refractivity contribution >= 4 is 33.1 Å². The second-order valence-corrected chi connectivity index (χ2v) is 6.51. The van der Waals surface area contributed by atoms with Crippen molar-refractivity contribution in [3.63, 3.8) is 0 Å². The lowest BCUT2D eigenvalue weighted by atomic mass is 10.1. The molecule has 1 aromatic carbocycles. The first-order valence-electron chi connectivity index (χ1n) is 7.36. The first kappa shape index (κ1) is 17.2. The number of amides is 1. The molecule has 0 radical (unpaired) electrons. The number of hydrogen-bond acceptors (Lipinski definition) is 4. The number of anilines is 1. The second-order valence-electron chi connectivity index (χ2n) is 5.52. The molecule has 25 heavy (non-hydrogen) atoms. The summed E-state index contributed by atoms with van der Waals surface area (Å²) in [6.45, 7) is 1.82. The Labute approximate surface area is 145 Å². The molecule has 0 aliphatic heterocycles. The Kier molecular flexibility index (Phi) is 4.38. The minimum absolute atomic E-state index is 0.106. The van der Waals surface area contributed by atoms with Crippen molar-refractivity contribution in [2.24, 2.45) is 0 Å². The summed E-state index contributed by atoms with van der Waals surface area (Å²) < 4.78 is 38.7. The predicted molar refractivity (Wildman–Crippen MR) is 91.4 cm³/mol. The van der Waals surface area contributed by atoms with E-state index in [-0.39, 0.29) is 15.4 Å². The summed E-state index contributed by atoms with van der Waals surface area (Å²) in [5, 5.41) is 3.11. The number of benzene rings is 1. The number of aromatic nitrogens is 1. The van der Waals surface area contributed by atoms with E-state index in [1.54, 1.807) is 0 Å². The number of nitrogen functional groups attached to an aromatic ring is 1. The Balaban J connectivity index is 1.93. The van der Waals surface area contributed by atoms with Crippen LogP contribution in [0.5, 0.6) is 0 Å².